The van der Waals surface area contributed by atoms with E-state index < -0.39 is 0 Å². The lowest BCUT2D eigenvalue weighted by molar-refractivity contribution is 0.0579. The minimum atomic E-state index is -0.204. The molecule has 2 unspecified atom stereocenters. The van der Waals surface area contributed by atoms with Gasteiger partial charge in [-0.2, -0.15) is 0 Å². The molecular formula is C14H24N2O. The highest BCUT2D eigenvalue weighted by Crippen LogP contribution is 2.26. The number of nitrogens with zero attached hydrogens (tertiary/aromatic N) is 1. The minimum absolute atomic E-state index is 0.0683. The van der Waals surface area contributed by atoms with Crippen LogP contribution in [0.15, 0.2) is 24.3 Å². The lowest BCUT2D eigenvalue weighted by Crippen LogP contribution is -2.57. The van der Waals surface area contributed by atoms with Crippen LogP contribution in [0.5, 0.6) is 0 Å². The van der Waals surface area contributed by atoms with Crippen molar-refractivity contribution in [3.05, 3.63) is 29.8 Å². The second-order valence-corrected chi connectivity index (χ2v) is 4.83. The fourth-order valence-electron chi connectivity index (χ4n) is 1.89. The highest BCUT2D eigenvalue weighted by atomic mass is 16.5. The molecule has 0 aliphatic carbocycles. The van der Waals surface area contributed by atoms with Crippen LogP contribution in [0.1, 0.15) is 19.4 Å². The Labute approximate surface area is 105 Å². The molecule has 1 rings (SSSR count). The number of aryl methyl sites for hydroxylation is 1. The Balaban J connectivity index is 3.00. The molecule has 2 N–H and O–H groups in total. The fourth-order valence-corrected chi connectivity index (χ4v) is 1.89. The Morgan fingerprint density at radius 1 is 1.35 bits per heavy atom. The number of hydrogen-bond acceptors (Lipinski definition) is 3. The number of hydrogen-bond donors (Lipinski definition) is 1. The van der Waals surface area contributed by atoms with Crippen LogP contribution in [0.4, 0.5) is 5.69 Å². The predicted molar refractivity (Wildman–Crippen MR) is 73.5 cm³/mol. The molecular weight excluding hydrogens is 212 g/mol. The lowest BCUT2D eigenvalue weighted by Gasteiger charge is -2.43. The van der Waals surface area contributed by atoms with Crippen LogP contribution in [0.2, 0.25) is 0 Å². The van der Waals surface area contributed by atoms with E-state index in [4.69, 9.17) is 10.5 Å². The number of methoxy groups -OCH3 is 1. The summed E-state index contributed by atoms with van der Waals surface area (Å²) in [4.78, 5) is 2.20. The van der Waals surface area contributed by atoms with Crippen molar-refractivity contribution in [1.82, 2.24) is 0 Å². The van der Waals surface area contributed by atoms with Crippen molar-refractivity contribution in [3.8, 4) is 0 Å². The van der Waals surface area contributed by atoms with Crippen molar-refractivity contribution in [2.45, 2.75) is 32.4 Å². The highest BCUT2D eigenvalue weighted by Gasteiger charge is 2.34. The van der Waals surface area contributed by atoms with Crippen LogP contribution in [0.3, 0.4) is 0 Å². The standard InChI is InChI=1S/C14H24N2O/c1-11-6-8-13(9-7-11)16(4)14(3,10-15)12(2)17-5/h6-9,12H,10,15H2,1-5H3. The minimum Gasteiger partial charge on any atom is -0.379 e. The van der Waals surface area contributed by atoms with E-state index in [0.29, 0.717) is 6.54 Å². The molecule has 0 saturated carbocycles. The summed E-state index contributed by atoms with van der Waals surface area (Å²) in [6.45, 7) is 6.81. The third-order valence-electron chi connectivity index (χ3n) is 3.83. The third-order valence-corrected chi connectivity index (χ3v) is 3.83. The number of rotatable bonds is 5. The normalized spacial score (nSPS) is 16.4. The van der Waals surface area contributed by atoms with Crippen LogP contribution < -0.4 is 10.6 Å². The Morgan fingerprint density at radius 2 is 1.88 bits per heavy atom. The molecule has 17 heavy (non-hydrogen) atoms. The van der Waals surface area contributed by atoms with Crippen molar-refractivity contribution in [3.63, 3.8) is 0 Å². The summed E-state index contributed by atoms with van der Waals surface area (Å²) in [5.41, 5.74) is 8.15. The molecule has 0 heterocycles. The first-order valence-electron chi connectivity index (χ1n) is 5.99. The summed E-state index contributed by atoms with van der Waals surface area (Å²) >= 11 is 0. The zero-order valence-corrected chi connectivity index (χ0v) is 11.5. The van der Waals surface area contributed by atoms with E-state index in [1.807, 2.05) is 0 Å². The van der Waals surface area contributed by atoms with E-state index in [-0.39, 0.29) is 11.6 Å². The lowest BCUT2D eigenvalue weighted by atomic mass is 9.93. The summed E-state index contributed by atoms with van der Waals surface area (Å²) in [6, 6.07) is 8.46. The van der Waals surface area contributed by atoms with Crippen molar-refractivity contribution in [2.24, 2.45) is 5.73 Å². The SMILES string of the molecule is COC(C)C(C)(CN)N(C)c1ccc(C)cc1. The van der Waals surface area contributed by atoms with Gasteiger partial charge >= 0.3 is 0 Å². The molecule has 2 atom stereocenters. The molecule has 1 aromatic carbocycles. The zero-order valence-electron chi connectivity index (χ0n) is 11.5. The van der Waals surface area contributed by atoms with Crippen molar-refractivity contribution < 1.29 is 4.74 Å². The van der Waals surface area contributed by atoms with Gasteiger partial charge in [0.2, 0.25) is 0 Å². The topological polar surface area (TPSA) is 38.5 Å². The summed E-state index contributed by atoms with van der Waals surface area (Å²) in [6.07, 6.45) is 0.0683. The molecule has 0 saturated heterocycles. The average Bonchev–Trinajstić information content (AvgIpc) is 2.36. The molecule has 0 aromatic heterocycles. The number of anilines is 1. The van der Waals surface area contributed by atoms with Gasteiger partial charge in [0, 0.05) is 26.4 Å². The Kier molecular flexibility index (Phi) is 4.54. The summed E-state index contributed by atoms with van der Waals surface area (Å²) in [7, 11) is 3.79. The van der Waals surface area contributed by atoms with E-state index in [0.717, 1.165) is 5.69 Å². The first-order valence-corrected chi connectivity index (χ1v) is 5.99. The molecule has 0 aliphatic heterocycles. The van der Waals surface area contributed by atoms with Gasteiger partial charge in [-0.15, -0.1) is 0 Å². The maximum atomic E-state index is 5.93. The monoisotopic (exact) mass is 236 g/mol. The van der Waals surface area contributed by atoms with Gasteiger partial charge in [0.25, 0.3) is 0 Å². The smallest absolute Gasteiger partial charge is 0.0784 e. The van der Waals surface area contributed by atoms with E-state index in [9.17, 15) is 0 Å². The number of ether oxygens (including phenoxy) is 1. The van der Waals surface area contributed by atoms with Crippen molar-refractivity contribution >= 4 is 5.69 Å². The Hall–Kier alpha value is -1.06. The number of benzene rings is 1. The largest absolute Gasteiger partial charge is 0.379 e. The zero-order chi connectivity index (χ0) is 13.1. The Morgan fingerprint density at radius 3 is 2.29 bits per heavy atom. The quantitative estimate of drug-likeness (QED) is 0.851. The van der Waals surface area contributed by atoms with Gasteiger partial charge in [0.1, 0.15) is 0 Å². The molecule has 0 radical (unpaired) electrons. The second-order valence-electron chi connectivity index (χ2n) is 4.83. The molecule has 96 valence electrons. The van der Waals surface area contributed by atoms with E-state index in [2.05, 4.69) is 57.0 Å². The summed E-state index contributed by atoms with van der Waals surface area (Å²) in [5, 5.41) is 0. The fraction of sp³-hybridized carbons (Fsp3) is 0.571. The van der Waals surface area contributed by atoms with Gasteiger partial charge < -0.3 is 15.4 Å². The van der Waals surface area contributed by atoms with Crippen LogP contribution in [-0.2, 0) is 4.74 Å². The second kappa shape index (κ2) is 5.52. The van der Waals surface area contributed by atoms with Gasteiger partial charge in [-0.3, -0.25) is 0 Å². The molecule has 0 bridgehead atoms. The molecule has 0 aliphatic rings. The number of nitrogens with two attached hydrogens (primary N) is 1. The van der Waals surface area contributed by atoms with Gasteiger partial charge in [-0.25, -0.2) is 0 Å². The summed E-state index contributed by atoms with van der Waals surface area (Å²) in [5.74, 6) is 0. The number of likely N-dealkylation sites (N-methyl/N-ethyl adjacent to an activating group) is 1. The van der Waals surface area contributed by atoms with Crippen LogP contribution >= 0.6 is 0 Å². The molecule has 1 aromatic rings. The molecule has 0 spiro atoms. The van der Waals surface area contributed by atoms with E-state index in [1.54, 1.807) is 7.11 Å². The predicted octanol–water partition coefficient (Wildman–Crippen LogP) is 2.18. The van der Waals surface area contributed by atoms with E-state index >= 15 is 0 Å². The van der Waals surface area contributed by atoms with Gasteiger partial charge in [0.15, 0.2) is 0 Å². The van der Waals surface area contributed by atoms with Crippen molar-refractivity contribution in [2.75, 3.05) is 25.6 Å². The molecule has 0 amide bonds. The third kappa shape index (κ3) is 2.79. The molecule has 3 heteroatoms. The maximum Gasteiger partial charge on any atom is 0.0784 e. The van der Waals surface area contributed by atoms with Crippen LogP contribution in [-0.4, -0.2) is 32.3 Å². The van der Waals surface area contributed by atoms with Crippen LogP contribution in [0, 0.1) is 6.92 Å². The van der Waals surface area contributed by atoms with E-state index in [1.165, 1.54) is 5.56 Å². The van der Waals surface area contributed by atoms with Crippen LogP contribution in [0.25, 0.3) is 0 Å². The van der Waals surface area contributed by atoms with Gasteiger partial charge in [-0.1, -0.05) is 17.7 Å². The average molecular weight is 236 g/mol. The maximum absolute atomic E-state index is 5.93. The first-order chi connectivity index (χ1) is 7.95. The van der Waals surface area contributed by atoms with Gasteiger partial charge in [-0.05, 0) is 32.9 Å². The molecule has 0 fully saturated rings. The Bertz CT molecular complexity index is 350. The van der Waals surface area contributed by atoms with Crippen molar-refractivity contribution in [1.29, 1.82) is 0 Å². The highest BCUT2D eigenvalue weighted by molar-refractivity contribution is 5.49. The summed E-state index contributed by atoms with van der Waals surface area (Å²) < 4.78 is 5.45. The first kappa shape index (κ1) is 14.0. The van der Waals surface area contributed by atoms with Gasteiger partial charge in [0.05, 0.1) is 11.6 Å². The molecule has 3 nitrogen and oxygen atoms in total.